The summed E-state index contributed by atoms with van der Waals surface area (Å²) in [5, 5.41) is 23.4. The molecule has 33 heavy (non-hydrogen) atoms. The second-order valence-corrected chi connectivity index (χ2v) is 7.13. The maximum Gasteiger partial charge on any atom is 0.271 e. The van der Waals surface area contributed by atoms with Gasteiger partial charge >= 0.3 is 0 Å². The zero-order valence-electron chi connectivity index (χ0n) is 17.4. The van der Waals surface area contributed by atoms with Crippen LogP contribution in [0.1, 0.15) is 11.1 Å². The fraction of sp³-hybridized carbons (Fsp3) is 0.0833. The van der Waals surface area contributed by atoms with E-state index < -0.39 is 10.8 Å². The molecule has 0 saturated heterocycles. The van der Waals surface area contributed by atoms with E-state index in [0.717, 1.165) is 5.56 Å². The Labute approximate surface area is 194 Å². The number of amides is 1. The van der Waals surface area contributed by atoms with Crippen molar-refractivity contribution in [1.29, 1.82) is 5.26 Å². The first-order valence-electron chi connectivity index (χ1n) is 9.63. The molecule has 8 nitrogen and oxygen atoms in total. The molecular formula is C24H18ClN3O5. The Hall–Kier alpha value is -4.35. The molecule has 0 heterocycles. The molecule has 1 amide bonds. The molecule has 166 valence electrons. The lowest BCUT2D eigenvalue weighted by atomic mass is 10.1. The maximum atomic E-state index is 12.5. The molecule has 0 radical (unpaired) electrons. The molecule has 0 aliphatic carbocycles. The Balaban J connectivity index is 1.77. The number of hydrogen-bond acceptors (Lipinski definition) is 6. The minimum absolute atomic E-state index is 0.174. The Bertz CT molecular complexity index is 1270. The van der Waals surface area contributed by atoms with Gasteiger partial charge in [0.1, 0.15) is 18.2 Å². The minimum Gasteiger partial charge on any atom is -0.493 e. The largest absolute Gasteiger partial charge is 0.493 e. The van der Waals surface area contributed by atoms with Crippen molar-refractivity contribution in [3.05, 3.63) is 98.6 Å². The average Bonchev–Trinajstić information content (AvgIpc) is 2.82. The molecule has 0 saturated carbocycles. The third-order valence-electron chi connectivity index (χ3n) is 4.52. The molecule has 0 spiro atoms. The number of methoxy groups -OCH3 is 1. The highest BCUT2D eigenvalue weighted by Gasteiger charge is 2.13. The van der Waals surface area contributed by atoms with Crippen molar-refractivity contribution in [3.63, 3.8) is 0 Å². The second-order valence-electron chi connectivity index (χ2n) is 6.72. The van der Waals surface area contributed by atoms with Crippen molar-refractivity contribution < 1.29 is 19.2 Å². The number of anilines is 1. The van der Waals surface area contributed by atoms with Crippen LogP contribution in [-0.4, -0.2) is 17.9 Å². The van der Waals surface area contributed by atoms with E-state index in [1.165, 1.54) is 37.5 Å². The zero-order valence-corrected chi connectivity index (χ0v) is 18.2. The van der Waals surface area contributed by atoms with Crippen molar-refractivity contribution in [2.45, 2.75) is 6.61 Å². The number of benzene rings is 3. The molecule has 1 N–H and O–H groups in total. The Morgan fingerprint density at radius 3 is 2.64 bits per heavy atom. The number of nitrogens with one attached hydrogen (secondary N) is 1. The van der Waals surface area contributed by atoms with Crippen LogP contribution < -0.4 is 14.8 Å². The quantitative estimate of drug-likeness (QED) is 0.207. The van der Waals surface area contributed by atoms with E-state index in [0.29, 0.717) is 22.1 Å². The van der Waals surface area contributed by atoms with Crippen molar-refractivity contribution in [3.8, 4) is 17.6 Å². The predicted octanol–water partition coefficient (Wildman–Crippen LogP) is 5.38. The molecule has 0 aliphatic rings. The van der Waals surface area contributed by atoms with E-state index in [-0.39, 0.29) is 23.6 Å². The molecule has 0 fully saturated rings. The van der Waals surface area contributed by atoms with Crippen LogP contribution in [-0.2, 0) is 11.4 Å². The minimum atomic E-state index is -0.698. The number of nitro groups is 1. The number of ether oxygens (including phenoxy) is 2. The fourth-order valence-corrected chi connectivity index (χ4v) is 3.07. The topological polar surface area (TPSA) is 114 Å². The molecule has 0 aliphatic heterocycles. The fourth-order valence-electron chi connectivity index (χ4n) is 2.88. The standard InChI is InChI=1S/C24H18ClN3O5/c1-32-23-12-16(9-10-22(23)33-15-17-5-2-3-8-21(17)25)11-18(14-26)24(29)27-19-6-4-7-20(13-19)28(30)31/h2-13H,15H2,1H3,(H,27,29)/b18-11-. The number of nitriles is 1. The number of nitro benzene ring substituents is 1. The van der Waals surface area contributed by atoms with Crippen LogP contribution in [0.5, 0.6) is 11.5 Å². The highest BCUT2D eigenvalue weighted by molar-refractivity contribution is 6.31. The van der Waals surface area contributed by atoms with Crippen LogP contribution in [0.2, 0.25) is 5.02 Å². The van der Waals surface area contributed by atoms with Crippen LogP contribution in [0.15, 0.2) is 72.3 Å². The van der Waals surface area contributed by atoms with Gasteiger partial charge < -0.3 is 14.8 Å². The van der Waals surface area contributed by atoms with E-state index >= 15 is 0 Å². The average molecular weight is 464 g/mol. The number of hydrogen-bond donors (Lipinski definition) is 1. The van der Waals surface area contributed by atoms with Crippen LogP contribution in [0.4, 0.5) is 11.4 Å². The van der Waals surface area contributed by atoms with Gasteiger partial charge in [-0.3, -0.25) is 14.9 Å². The molecule has 0 bridgehead atoms. The molecule has 0 aromatic heterocycles. The van der Waals surface area contributed by atoms with Gasteiger partial charge in [0.2, 0.25) is 0 Å². The molecule has 0 unspecified atom stereocenters. The van der Waals surface area contributed by atoms with E-state index in [1.54, 1.807) is 24.3 Å². The monoisotopic (exact) mass is 463 g/mol. The third-order valence-corrected chi connectivity index (χ3v) is 4.89. The van der Waals surface area contributed by atoms with Gasteiger partial charge in [0.15, 0.2) is 11.5 Å². The maximum absolute atomic E-state index is 12.5. The first kappa shape index (κ1) is 23.3. The van der Waals surface area contributed by atoms with Gasteiger partial charge in [-0.05, 0) is 35.9 Å². The van der Waals surface area contributed by atoms with Gasteiger partial charge in [-0.1, -0.05) is 41.9 Å². The van der Waals surface area contributed by atoms with Crippen molar-refractivity contribution in [2.24, 2.45) is 0 Å². The SMILES string of the molecule is COc1cc(/C=C(/C#N)C(=O)Nc2cccc([N+](=O)[O-])c2)ccc1OCc1ccccc1Cl. The third kappa shape index (κ3) is 6.09. The zero-order chi connectivity index (χ0) is 23.8. The van der Waals surface area contributed by atoms with E-state index in [2.05, 4.69) is 5.32 Å². The normalized spacial score (nSPS) is 10.8. The van der Waals surface area contributed by atoms with Gasteiger partial charge in [0.05, 0.1) is 12.0 Å². The first-order valence-corrected chi connectivity index (χ1v) is 10.0. The van der Waals surface area contributed by atoms with E-state index in [4.69, 9.17) is 21.1 Å². The molecule has 3 aromatic rings. The van der Waals surface area contributed by atoms with Gasteiger partial charge in [-0.2, -0.15) is 5.26 Å². The summed E-state index contributed by atoms with van der Waals surface area (Å²) in [6.07, 6.45) is 1.38. The molecule has 0 atom stereocenters. The molecule has 9 heteroatoms. The van der Waals surface area contributed by atoms with Crippen LogP contribution in [0, 0.1) is 21.4 Å². The summed E-state index contributed by atoms with van der Waals surface area (Å²) in [6.45, 7) is 0.236. The van der Waals surface area contributed by atoms with Crippen LogP contribution >= 0.6 is 11.6 Å². The lowest BCUT2D eigenvalue weighted by molar-refractivity contribution is -0.384. The molecule has 3 aromatic carbocycles. The van der Waals surface area contributed by atoms with Crippen molar-refractivity contribution in [2.75, 3.05) is 12.4 Å². The summed E-state index contributed by atoms with van der Waals surface area (Å²) >= 11 is 6.15. The Morgan fingerprint density at radius 2 is 1.94 bits per heavy atom. The first-order chi connectivity index (χ1) is 15.9. The summed E-state index contributed by atoms with van der Waals surface area (Å²) in [4.78, 5) is 22.8. The number of nitrogens with zero attached hydrogens (tertiary/aromatic N) is 2. The van der Waals surface area contributed by atoms with E-state index in [1.807, 2.05) is 24.3 Å². The second kappa shape index (κ2) is 10.8. The van der Waals surface area contributed by atoms with Gasteiger partial charge in [-0.25, -0.2) is 0 Å². The van der Waals surface area contributed by atoms with Gasteiger partial charge in [0, 0.05) is 28.4 Å². The van der Waals surface area contributed by atoms with Crippen LogP contribution in [0.25, 0.3) is 6.08 Å². The predicted molar refractivity (Wildman–Crippen MR) is 124 cm³/mol. The highest BCUT2D eigenvalue weighted by Crippen LogP contribution is 2.30. The summed E-state index contributed by atoms with van der Waals surface area (Å²) in [5.74, 6) is 0.178. The summed E-state index contributed by atoms with van der Waals surface area (Å²) < 4.78 is 11.2. The number of halogens is 1. The van der Waals surface area contributed by atoms with Crippen LogP contribution in [0.3, 0.4) is 0 Å². The summed E-state index contributed by atoms with van der Waals surface area (Å²) in [5.41, 5.74) is 1.19. The number of carbonyl (C=O) groups is 1. The lowest BCUT2D eigenvalue weighted by Crippen LogP contribution is -2.13. The molecular weight excluding hydrogens is 446 g/mol. The highest BCUT2D eigenvalue weighted by atomic mass is 35.5. The lowest BCUT2D eigenvalue weighted by Gasteiger charge is -2.12. The molecule has 3 rings (SSSR count). The Morgan fingerprint density at radius 1 is 1.15 bits per heavy atom. The van der Waals surface area contributed by atoms with Crippen molar-refractivity contribution in [1.82, 2.24) is 0 Å². The van der Waals surface area contributed by atoms with Crippen molar-refractivity contribution >= 4 is 35.0 Å². The van der Waals surface area contributed by atoms with Gasteiger partial charge in [0.25, 0.3) is 11.6 Å². The van der Waals surface area contributed by atoms with Gasteiger partial charge in [-0.15, -0.1) is 0 Å². The Kier molecular flexibility index (Phi) is 7.63. The summed E-state index contributed by atoms with van der Waals surface area (Å²) in [7, 11) is 1.48. The number of rotatable bonds is 8. The summed E-state index contributed by atoms with van der Waals surface area (Å²) in [6, 6.07) is 19.6. The number of carbonyl (C=O) groups excluding carboxylic acids is 1. The number of non-ortho nitro benzene ring substituents is 1. The smallest absolute Gasteiger partial charge is 0.271 e. The van der Waals surface area contributed by atoms with E-state index in [9.17, 15) is 20.2 Å².